The average Bonchev–Trinajstić information content (AvgIpc) is 2.85. The van der Waals surface area contributed by atoms with E-state index >= 15 is 0 Å². The first-order chi connectivity index (χ1) is 9.54. The van der Waals surface area contributed by atoms with Gasteiger partial charge in [0.2, 0.25) is 0 Å². The molecule has 0 amide bonds. The molecule has 0 unspecified atom stereocenters. The summed E-state index contributed by atoms with van der Waals surface area (Å²) in [6.45, 7) is 2.46. The molecule has 0 aliphatic heterocycles. The molecule has 20 heavy (non-hydrogen) atoms. The van der Waals surface area contributed by atoms with Crippen molar-refractivity contribution in [3.63, 3.8) is 0 Å². The van der Waals surface area contributed by atoms with Gasteiger partial charge in [0.1, 0.15) is 11.5 Å². The maximum Gasteiger partial charge on any atom is 0.284 e. The van der Waals surface area contributed by atoms with E-state index in [2.05, 4.69) is 5.32 Å². The van der Waals surface area contributed by atoms with Crippen molar-refractivity contribution in [1.29, 1.82) is 0 Å². The van der Waals surface area contributed by atoms with Crippen LogP contribution in [0.25, 0.3) is 0 Å². The molecule has 2 nitrogen and oxygen atoms in total. The molecule has 1 aromatic carbocycles. The van der Waals surface area contributed by atoms with Gasteiger partial charge in [-0.15, -0.1) is 0 Å². The number of benzene rings is 1. The molecule has 2 aromatic rings. The van der Waals surface area contributed by atoms with E-state index < -0.39 is 5.76 Å². The summed E-state index contributed by atoms with van der Waals surface area (Å²) in [5.74, 6) is -0.951. The number of rotatable bonds is 6. The minimum Gasteiger partial charge on any atom is -0.463 e. The Morgan fingerprint density at radius 2 is 2.00 bits per heavy atom. The van der Waals surface area contributed by atoms with Crippen LogP contribution in [-0.4, -0.2) is 5.76 Å². The Hall–Kier alpha value is -1.20. The smallest absolute Gasteiger partial charge is 0.284 e. The second-order valence-electron chi connectivity index (χ2n) is 4.25. The van der Waals surface area contributed by atoms with Crippen LogP contribution >= 0.6 is 23.4 Å². The van der Waals surface area contributed by atoms with Gasteiger partial charge in [-0.2, -0.15) is 8.78 Å². The molecule has 0 bridgehead atoms. The van der Waals surface area contributed by atoms with Crippen molar-refractivity contribution in [2.75, 3.05) is 5.32 Å². The molecular formula is C14H14ClF2NOS. The number of furan rings is 1. The standard InChI is InChI=1S/C14H14ClF2NOS/c1-9-2-3-10(15)6-13(9)18-7-11-4-5-12(19-11)8-20-14(16)17/h2-6,14,18H,7-8H2,1H3. The third-order valence-electron chi connectivity index (χ3n) is 2.72. The molecule has 0 aliphatic carbocycles. The highest BCUT2D eigenvalue weighted by Gasteiger charge is 2.07. The second-order valence-corrected chi connectivity index (χ2v) is 5.67. The molecule has 0 spiro atoms. The molecule has 0 saturated heterocycles. The molecule has 6 heteroatoms. The molecule has 0 atom stereocenters. The van der Waals surface area contributed by atoms with Crippen molar-refractivity contribution in [2.45, 2.75) is 25.0 Å². The Labute approximate surface area is 125 Å². The number of hydrogen-bond donors (Lipinski definition) is 1. The van der Waals surface area contributed by atoms with E-state index in [1.54, 1.807) is 12.1 Å². The monoisotopic (exact) mass is 317 g/mol. The first-order valence-corrected chi connectivity index (χ1v) is 7.44. The molecular weight excluding hydrogens is 304 g/mol. The Morgan fingerprint density at radius 3 is 2.75 bits per heavy atom. The number of halogens is 3. The van der Waals surface area contributed by atoms with Crippen molar-refractivity contribution in [1.82, 2.24) is 0 Å². The van der Waals surface area contributed by atoms with E-state index in [-0.39, 0.29) is 5.75 Å². The topological polar surface area (TPSA) is 25.2 Å². The van der Waals surface area contributed by atoms with Crippen LogP contribution in [0, 0.1) is 6.92 Å². The van der Waals surface area contributed by atoms with Crippen LogP contribution in [0.4, 0.5) is 14.5 Å². The maximum atomic E-state index is 12.1. The largest absolute Gasteiger partial charge is 0.463 e. The van der Waals surface area contributed by atoms with Gasteiger partial charge in [-0.05, 0) is 36.8 Å². The van der Waals surface area contributed by atoms with E-state index in [1.807, 2.05) is 25.1 Å². The first kappa shape index (κ1) is 15.2. The minimum atomic E-state index is -2.38. The maximum absolute atomic E-state index is 12.1. The van der Waals surface area contributed by atoms with Crippen molar-refractivity contribution >= 4 is 29.1 Å². The zero-order valence-corrected chi connectivity index (χ0v) is 12.4. The number of aryl methyl sites for hydroxylation is 1. The number of anilines is 1. The normalized spacial score (nSPS) is 11.1. The van der Waals surface area contributed by atoms with Gasteiger partial charge in [0.05, 0.1) is 12.3 Å². The molecule has 108 valence electrons. The van der Waals surface area contributed by atoms with Crippen LogP contribution in [0.1, 0.15) is 17.1 Å². The fourth-order valence-electron chi connectivity index (χ4n) is 1.71. The molecule has 0 saturated carbocycles. The summed E-state index contributed by atoms with van der Waals surface area (Å²) in [5, 5.41) is 3.87. The number of alkyl halides is 2. The van der Waals surface area contributed by atoms with Gasteiger partial charge < -0.3 is 9.73 Å². The van der Waals surface area contributed by atoms with E-state index in [1.165, 1.54) is 0 Å². The van der Waals surface area contributed by atoms with Crippen molar-refractivity contribution in [3.8, 4) is 0 Å². The Morgan fingerprint density at radius 1 is 1.25 bits per heavy atom. The van der Waals surface area contributed by atoms with Gasteiger partial charge in [-0.3, -0.25) is 0 Å². The van der Waals surface area contributed by atoms with Crippen LogP contribution in [0.3, 0.4) is 0 Å². The molecule has 0 aliphatic rings. The highest BCUT2D eigenvalue weighted by atomic mass is 35.5. The summed E-state index contributed by atoms with van der Waals surface area (Å²) in [4.78, 5) is 0. The summed E-state index contributed by atoms with van der Waals surface area (Å²) in [6, 6.07) is 9.10. The third-order valence-corrected chi connectivity index (χ3v) is 3.66. The zero-order valence-electron chi connectivity index (χ0n) is 10.8. The summed E-state index contributed by atoms with van der Waals surface area (Å²) in [7, 11) is 0. The van der Waals surface area contributed by atoms with Gasteiger partial charge in [0.25, 0.3) is 5.76 Å². The minimum absolute atomic E-state index is 0.174. The van der Waals surface area contributed by atoms with Gasteiger partial charge in [0, 0.05) is 10.7 Å². The summed E-state index contributed by atoms with van der Waals surface area (Å²) >= 11 is 6.49. The Balaban J connectivity index is 1.92. The molecule has 1 heterocycles. The van der Waals surface area contributed by atoms with Crippen molar-refractivity contribution < 1.29 is 13.2 Å². The lowest BCUT2D eigenvalue weighted by Gasteiger charge is -2.08. The van der Waals surface area contributed by atoms with Gasteiger partial charge in [-0.25, -0.2) is 0 Å². The quantitative estimate of drug-likeness (QED) is 0.781. The second kappa shape index (κ2) is 6.99. The van der Waals surface area contributed by atoms with Crippen LogP contribution in [0.15, 0.2) is 34.7 Å². The third kappa shape index (κ3) is 4.42. The number of hydrogen-bond acceptors (Lipinski definition) is 3. The highest BCUT2D eigenvalue weighted by molar-refractivity contribution is 7.98. The van der Waals surface area contributed by atoms with Gasteiger partial charge in [-0.1, -0.05) is 29.4 Å². The summed E-state index contributed by atoms with van der Waals surface area (Å²) in [6.07, 6.45) is 0. The van der Waals surface area contributed by atoms with Crippen LogP contribution in [0.5, 0.6) is 0 Å². The van der Waals surface area contributed by atoms with E-state index in [4.69, 9.17) is 16.0 Å². The van der Waals surface area contributed by atoms with Crippen LogP contribution in [0.2, 0.25) is 5.02 Å². The van der Waals surface area contributed by atoms with Gasteiger partial charge >= 0.3 is 0 Å². The van der Waals surface area contributed by atoms with Crippen molar-refractivity contribution in [2.24, 2.45) is 0 Å². The van der Waals surface area contributed by atoms with Crippen LogP contribution < -0.4 is 5.32 Å². The zero-order chi connectivity index (χ0) is 14.5. The molecule has 0 radical (unpaired) electrons. The Bertz CT molecular complexity index is 574. The fourth-order valence-corrected chi connectivity index (χ4v) is 2.32. The fraction of sp³-hybridized carbons (Fsp3) is 0.286. The lowest BCUT2D eigenvalue weighted by Crippen LogP contribution is -1.99. The van der Waals surface area contributed by atoms with E-state index in [0.717, 1.165) is 11.3 Å². The lowest BCUT2D eigenvalue weighted by molar-refractivity contribution is 0.251. The summed E-state index contributed by atoms with van der Waals surface area (Å²) in [5.41, 5.74) is 2.01. The van der Waals surface area contributed by atoms with Gasteiger partial charge in [0.15, 0.2) is 0 Å². The van der Waals surface area contributed by atoms with Crippen LogP contribution in [-0.2, 0) is 12.3 Å². The lowest BCUT2D eigenvalue weighted by atomic mass is 10.2. The number of nitrogens with one attached hydrogen (secondary N) is 1. The summed E-state index contributed by atoms with van der Waals surface area (Å²) < 4.78 is 29.6. The molecule has 0 fully saturated rings. The Kier molecular flexibility index (Phi) is 5.31. The highest BCUT2D eigenvalue weighted by Crippen LogP contribution is 2.23. The molecule has 2 rings (SSSR count). The van der Waals surface area contributed by atoms with Crippen molar-refractivity contribution in [3.05, 3.63) is 52.4 Å². The van der Waals surface area contributed by atoms with E-state index in [9.17, 15) is 8.78 Å². The SMILES string of the molecule is Cc1ccc(Cl)cc1NCc1ccc(CSC(F)F)o1. The predicted octanol–water partition coefficient (Wildman–Crippen LogP) is 5.31. The average molecular weight is 318 g/mol. The number of thioether (sulfide) groups is 1. The first-order valence-electron chi connectivity index (χ1n) is 6.02. The molecule has 1 aromatic heterocycles. The van der Waals surface area contributed by atoms with E-state index in [0.29, 0.717) is 34.8 Å². The molecule has 1 N–H and O–H groups in total. The predicted molar refractivity (Wildman–Crippen MR) is 79.5 cm³/mol.